The number of aromatic nitrogens is 1. The van der Waals surface area contributed by atoms with Crippen LogP contribution in [0.15, 0.2) is 60.7 Å². The van der Waals surface area contributed by atoms with Crippen LogP contribution in [-0.2, 0) is 4.79 Å². The van der Waals surface area contributed by atoms with Crippen LogP contribution in [0.2, 0.25) is 5.02 Å². The summed E-state index contributed by atoms with van der Waals surface area (Å²) in [5, 5.41) is 7.02. The second-order valence-corrected chi connectivity index (χ2v) is 5.89. The Morgan fingerprint density at radius 1 is 0.960 bits per heavy atom. The number of amides is 2. The first kappa shape index (κ1) is 16.9. The first-order valence-electron chi connectivity index (χ1n) is 7.81. The zero-order valence-corrected chi connectivity index (χ0v) is 14.1. The predicted molar refractivity (Wildman–Crippen MR) is 98.8 cm³/mol. The molecule has 6 heteroatoms. The van der Waals surface area contributed by atoms with Crippen LogP contribution in [0.3, 0.4) is 0 Å². The number of carbonyl (C=O) groups excluding carboxylic acids is 2. The van der Waals surface area contributed by atoms with Crippen LogP contribution < -0.4 is 10.6 Å². The summed E-state index contributed by atoms with van der Waals surface area (Å²) < 4.78 is 0. The summed E-state index contributed by atoms with van der Waals surface area (Å²) >= 11 is 5.79. The second kappa shape index (κ2) is 7.77. The van der Waals surface area contributed by atoms with Gasteiger partial charge in [0.1, 0.15) is 5.82 Å². The van der Waals surface area contributed by atoms with Crippen LogP contribution in [0.1, 0.15) is 16.8 Å². The van der Waals surface area contributed by atoms with E-state index in [4.69, 9.17) is 11.6 Å². The van der Waals surface area contributed by atoms with Crippen molar-refractivity contribution in [2.24, 2.45) is 0 Å². The highest BCUT2D eigenvalue weighted by Gasteiger charge is 2.07. The number of hydrogen-bond acceptors (Lipinski definition) is 3. The monoisotopic (exact) mass is 353 g/mol. The Morgan fingerprint density at radius 3 is 2.52 bits per heavy atom. The SMILES string of the molecule is O=C(CCNC(=O)c1ccc(Cl)cc1)Nc1ccc2ccccc2n1. The Kier molecular flexibility index (Phi) is 5.26. The van der Waals surface area contributed by atoms with Crippen molar-refractivity contribution in [2.45, 2.75) is 6.42 Å². The highest BCUT2D eigenvalue weighted by atomic mass is 35.5. The van der Waals surface area contributed by atoms with Crippen molar-refractivity contribution in [3.63, 3.8) is 0 Å². The van der Waals surface area contributed by atoms with Gasteiger partial charge in [-0.2, -0.15) is 0 Å². The molecular formula is C19H16ClN3O2. The minimum Gasteiger partial charge on any atom is -0.352 e. The van der Waals surface area contributed by atoms with E-state index in [2.05, 4.69) is 15.6 Å². The number of nitrogens with one attached hydrogen (secondary N) is 2. The molecule has 0 bridgehead atoms. The number of hydrogen-bond donors (Lipinski definition) is 2. The standard InChI is InChI=1S/C19H16ClN3O2/c20-15-8-5-14(6-9-15)19(25)21-12-11-18(24)23-17-10-7-13-3-1-2-4-16(13)22-17/h1-10H,11-12H2,(H,21,25)(H,22,23,24). The van der Waals surface area contributed by atoms with Crippen molar-refractivity contribution in [3.05, 3.63) is 71.2 Å². The molecule has 0 aliphatic rings. The molecule has 0 spiro atoms. The first-order valence-corrected chi connectivity index (χ1v) is 8.19. The highest BCUT2D eigenvalue weighted by molar-refractivity contribution is 6.30. The number of nitrogens with zero attached hydrogens (tertiary/aromatic N) is 1. The maximum atomic E-state index is 12.0. The number of pyridine rings is 1. The summed E-state index contributed by atoms with van der Waals surface area (Å²) in [6.07, 6.45) is 0.161. The molecule has 0 atom stereocenters. The molecule has 3 rings (SSSR count). The molecule has 5 nitrogen and oxygen atoms in total. The summed E-state index contributed by atoms with van der Waals surface area (Å²) in [7, 11) is 0. The summed E-state index contributed by atoms with van der Waals surface area (Å²) in [5.41, 5.74) is 1.32. The molecule has 3 aromatic rings. The van der Waals surface area contributed by atoms with Crippen molar-refractivity contribution in [3.8, 4) is 0 Å². The van der Waals surface area contributed by atoms with Gasteiger partial charge in [0, 0.05) is 28.9 Å². The number of para-hydroxylation sites is 1. The van der Waals surface area contributed by atoms with E-state index in [9.17, 15) is 9.59 Å². The number of fused-ring (bicyclic) bond motifs is 1. The lowest BCUT2D eigenvalue weighted by atomic mass is 10.2. The van der Waals surface area contributed by atoms with E-state index in [1.54, 1.807) is 30.3 Å². The molecule has 25 heavy (non-hydrogen) atoms. The number of anilines is 1. The Bertz CT molecular complexity index is 910. The van der Waals surface area contributed by atoms with Crippen molar-refractivity contribution in [1.82, 2.24) is 10.3 Å². The predicted octanol–water partition coefficient (Wildman–Crippen LogP) is 3.65. The van der Waals surface area contributed by atoms with E-state index in [1.165, 1.54) is 0 Å². The van der Waals surface area contributed by atoms with Crippen LogP contribution in [0, 0.1) is 0 Å². The lowest BCUT2D eigenvalue weighted by Crippen LogP contribution is -2.27. The lowest BCUT2D eigenvalue weighted by molar-refractivity contribution is -0.116. The van der Waals surface area contributed by atoms with Crippen molar-refractivity contribution < 1.29 is 9.59 Å². The molecule has 0 radical (unpaired) electrons. The molecule has 2 amide bonds. The highest BCUT2D eigenvalue weighted by Crippen LogP contribution is 2.14. The zero-order chi connectivity index (χ0) is 17.6. The van der Waals surface area contributed by atoms with Crippen LogP contribution >= 0.6 is 11.6 Å². The van der Waals surface area contributed by atoms with E-state index in [1.807, 2.05) is 30.3 Å². The Morgan fingerprint density at radius 2 is 1.72 bits per heavy atom. The molecule has 0 unspecified atom stereocenters. The van der Waals surface area contributed by atoms with Gasteiger partial charge in [-0.15, -0.1) is 0 Å². The number of rotatable bonds is 5. The van der Waals surface area contributed by atoms with E-state index in [0.717, 1.165) is 10.9 Å². The third-order valence-corrected chi connectivity index (χ3v) is 3.86. The number of benzene rings is 2. The van der Waals surface area contributed by atoms with Crippen molar-refractivity contribution >= 4 is 40.1 Å². The van der Waals surface area contributed by atoms with Crippen LogP contribution in [-0.4, -0.2) is 23.3 Å². The van der Waals surface area contributed by atoms with E-state index in [-0.39, 0.29) is 24.8 Å². The van der Waals surface area contributed by atoms with Gasteiger partial charge in [-0.1, -0.05) is 29.8 Å². The molecule has 1 heterocycles. The number of carbonyl (C=O) groups is 2. The van der Waals surface area contributed by atoms with Gasteiger partial charge in [0.15, 0.2) is 0 Å². The van der Waals surface area contributed by atoms with Gasteiger partial charge in [-0.05, 0) is 42.5 Å². The summed E-state index contributed by atoms with van der Waals surface area (Å²) in [6, 6.07) is 17.9. The summed E-state index contributed by atoms with van der Waals surface area (Å²) in [5.74, 6) is 0.0419. The van der Waals surface area contributed by atoms with Gasteiger partial charge in [0.25, 0.3) is 5.91 Å². The normalized spacial score (nSPS) is 10.4. The van der Waals surface area contributed by atoms with E-state index < -0.39 is 0 Å². The lowest BCUT2D eigenvalue weighted by Gasteiger charge is -2.07. The summed E-state index contributed by atoms with van der Waals surface area (Å²) in [4.78, 5) is 28.3. The average molecular weight is 354 g/mol. The molecule has 1 aromatic heterocycles. The largest absolute Gasteiger partial charge is 0.352 e. The molecule has 2 aromatic carbocycles. The molecule has 0 aliphatic heterocycles. The van der Waals surface area contributed by atoms with Crippen molar-refractivity contribution in [1.29, 1.82) is 0 Å². The minimum atomic E-state index is -0.242. The quantitative estimate of drug-likeness (QED) is 0.735. The number of halogens is 1. The first-order chi connectivity index (χ1) is 12.1. The Hall–Kier alpha value is -2.92. The molecule has 2 N–H and O–H groups in total. The Balaban J connectivity index is 1.50. The fraction of sp³-hybridized carbons (Fsp3) is 0.105. The topological polar surface area (TPSA) is 71.1 Å². The van der Waals surface area contributed by atoms with Crippen molar-refractivity contribution in [2.75, 3.05) is 11.9 Å². The minimum absolute atomic E-state index is 0.161. The maximum absolute atomic E-state index is 12.0. The molecular weight excluding hydrogens is 338 g/mol. The Labute approximate surface area is 150 Å². The zero-order valence-electron chi connectivity index (χ0n) is 13.3. The molecule has 126 valence electrons. The fourth-order valence-electron chi connectivity index (χ4n) is 2.33. The van der Waals surface area contributed by atoms with Gasteiger partial charge in [0.2, 0.25) is 5.91 Å². The fourth-order valence-corrected chi connectivity index (χ4v) is 2.46. The van der Waals surface area contributed by atoms with E-state index in [0.29, 0.717) is 16.4 Å². The van der Waals surface area contributed by atoms with Gasteiger partial charge in [0.05, 0.1) is 5.52 Å². The second-order valence-electron chi connectivity index (χ2n) is 5.45. The molecule has 0 fully saturated rings. The van der Waals surface area contributed by atoms with Crippen LogP contribution in [0.4, 0.5) is 5.82 Å². The molecule has 0 aliphatic carbocycles. The summed E-state index contributed by atoms with van der Waals surface area (Å²) in [6.45, 7) is 0.237. The van der Waals surface area contributed by atoms with Crippen LogP contribution in [0.25, 0.3) is 10.9 Å². The average Bonchev–Trinajstić information content (AvgIpc) is 2.62. The third-order valence-electron chi connectivity index (χ3n) is 3.61. The molecule has 0 saturated carbocycles. The molecule has 0 saturated heterocycles. The van der Waals surface area contributed by atoms with Gasteiger partial charge in [-0.25, -0.2) is 4.98 Å². The van der Waals surface area contributed by atoms with Gasteiger partial charge in [-0.3, -0.25) is 9.59 Å². The van der Waals surface area contributed by atoms with Gasteiger partial charge >= 0.3 is 0 Å². The van der Waals surface area contributed by atoms with Gasteiger partial charge < -0.3 is 10.6 Å². The van der Waals surface area contributed by atoms with Crippen LogP contribution in [0.5, 0.6) is 0 Å². The van der Waals surface area contributed by atoms with E-state index >= 15 is 0 Å². The smallest absolute Gasteiger partial charge is 0.251 e. The third kappa shape index (κ3) is 4.55. The maximum Gasteiger partial charge on any atom is 0.251 e.